The highest BCUT2D eigenvalue weighted by molar-refractivity contribution is 5.95. The van der Waals surface area contributed by atoms with Crippen LogP contribution in [0.3, 0.4) is 0 Å². The van der Waals surface area contributed by atoms with Crippen molar-refractivity contribution in [3.05, 3.63) is 18.2 Å². The van der Waals surface area contributed by atoms with Crippen molar-refractivity contribution in [2.75, 3.05) is 38.7 Å². The maximum absolute atomic E-state index is 12.3. The van der Waals surface area contributed by atoms with E-state index >= 15 is 0 Å². The average Bonchev–Trinajstić information content (AvgIpc) is 2.54. The molecule has 0 fully saturated rings. The normalized spacial score (nSPS) is 11.8. The number of halogens is 3. The summed E-state index contributed by atoms with van der Waals surface area (Å²) in [6.07, 6.45) is -4.47. The summed E-state index contributed by atoms with van der Waals surface area (Å²) < 4.78 is 47.7. The average molecular weight is 376 g/mol. The molecule has 0 saturated carbocycles. The Bertz CT molecular complexity index is 636. The van der Waals surface area contributed by atoms with Gasteiger partial charge in [0.1, 0.15) is 24.6 Å². The quantitative estimate of drug-likeness (QED) is 0.537. The summed E-state index contributed by atoms with van der Waals surface area (Å²) >= 11 is 0. The number of nitrogens with two attached hydrogens (primary N) is 1. The van der Waals surface area contributed by atoms with Crippen molar-refractivity contribution in [2.24, 2.45) is 10.7 Å². The van der Waals surface area contributed by atoms with Crippen LogP contribution in [-0.2, 0) is 4.79 Å². The number of likely N-dealkylation sites (N-methyl/N-ethyl adjacent to an activating group) is 1. The molecule has 0 atom stereocenters. The van der Waals surface area contributed by atoms with E-state index in [0.717, 1.165) is 7.05 Å². The van der Waals surface area contributed by atoms with E-state index in [9.17, 15) is 18.0 Å². The molecule has 0 spiro atoms. The third-order valence-corrected chi connectivity index (χ3v) is 3.05. The zero-order valence-corrected chi connectivity index (χ0v) is 14.9. The molecule has 10 heteroatoms. The fourth-order valence-electron chi connectivity index (χ4n) is 1.95. The van der Waals surface area contributed by atoms with Crippen LogP contribution in [0.25, 0.3) is 0 Å². The molecule has 146 valence electrons. The van der Waals surface area contributed by atoms with Crippen LogP contribution in [0.5, 0.6) is 11.5 Å². The summed E-state index contributed by atoms with van der Waals surface area (Å²) in [4.78, 5) is 16.0. The van der Waals surface area contributed by atoms with Crippen LogP contribution in [0.2, 0.25) is 0 Å². The Kier molecular flexibility index (Phi) is 8.01. The van der Waals surface area contributed by atoms with Gasteiger partial charge in [0.15, 0.2) is 5.96 Å². The first-order valence-electron chi connectivity index (χ1n) is 7.93. The number of guanidine groups is 1. The van der Waals surface area contributed by atoms with Crippen LogP contribution in [-0.4, -0.2) is 56.3 Å². The number of nitrogens with zero attached hydrogens (tertiary/aromatic N) is 2. The van der Waals surface area contributed by atoms with E-state index in [4.69, 9.17) is 15.2 Å². The van der Waals surface area contributed by atoms with Gasteiger partial charge in [-0.25, -0.2) is 4.99 Å². The van der Waals surface area contributed by atoms with Gasteiger partial charge in [-0.2, -0.15) is 13.2 Å². The van der Waals surface area contributed by atoms with Gasteiger partial charge in [-0.1, -0.05) is 0 Å². The molecule has 7 nitrogen and oxygen atoms in total. The first kappa shape index (κ1) is 21.4. The second kappa shape index (κ2) is 9.73. The molecule has 0 radical (unpaired) electrons. The molecule has 0 aromatic heterocycles. The predicted molar refractivity (Wildman–Crippen MR) is 92.6 cm³/mol. The molecular weight excluding hydrogens is 353 g/mol. The number of amides is 1. The van der Waals surface area contributed by atoms with Crippen LogP contribution in [0.4, 0.5) is 18.9 Å². The molecule has 3 N–H and O–H groups in total. The van der Waals surface area contributed by atoms with Crippen molar-refractivity contribution in [1.82, 2.24) is 4.90 Å². The second-order valence-corrected chi connectivity index (χ2v) is 5.22. The van der Waals surface area contributed by atoms with Gasteiger partial charge in [0, 0.05) is 13.1 Å². The van der Waals surface area contributed by atoms with E-state index in [1.807, 2.05) is 13.8 Å². The first-order chi connectivity index (χ1) is 12.2. The highest BCUT2D eigenvalue weighted by Gasteiger charge is 2.30. The van der Waals surface area contributed by atoms with E-state index in [-0.39, 0.29) is 5.96 Å². The smallest absolute Gasteiger partial charge is 0.406 e. The molecule has 0 aliphatic carbocycles. The van der Waals surface area contributed by atoms with Gasteiger partial charge in [0.05, 0.1) is 18.9 Å². The molecular formula is C16H23F3N4O3. The molecule has 1 aromatic rings. The Morgan fingerprint density at radius 1 is 1.27 bits per heavy atom. The molecule has 1 rings (SSSR count). The summed E-state index contributed by atoms with van der Waals surface area (Å²) in [5.74, 6) is 0.135. The fourth-order valence-corrected chi connectivity index (χ4v) is 1.95. The van der Waals surface area contributed by atoms with E-state index in [1.54, 1.807) is 18.2 Å². The Balaban J connectivity index is 2.78. The predicted octanol–water partition coefficient (Wildman–Crippen LogP) is 2.23. The minimum Gasteiger partial charge on any atom is -0.494 e. The minimum atomic E-state index is -4.47. The number of hydrogen-bond donors (Lipinski definition) is 2. The van der Waals surface area contributed by atoms with Crippen LogP contribution in [0.15, 0.2) is 23.2 Å². The van der Waals surface area contributed by atoms with Crippen molar-refractivity contribution in [3.8, 4) is 11.5 Å². The standard InChI is InChI=1S/C16H23F3N4O3/c1-4-25-11-6-7-13(26-5-2)12(8-11)22-15(20)21-9-14(24)23(3)10-16(17,18)19/h6-8H,4-5,9-10H2,1-3H3,(H3,20,21,22). The van der Waals surface area contributed by atoms with Crippen LogP contribution < -0.4 is 20.5 Å². The number of nitrogens with one attached hydrogen (secondary N) is 1. The molecule has 0 aliphatic heterocycles. The number of carbonyl (C=O) groups excluding carboxylic acids is 1. The Hall–Kier alpha value is -2.65. The van der Waals surface area contributed by atoms with Gasteiger partial charge >= 0.3 is 6.18 Å². The highest BCUT2D eigenvalue weighted by atomic mass is 19.4. The molecule has 1 amide bonds. The van der Waals surface area contributed by atoms with Gasteiger partial charge in [-0.15, -0.1) is 0 Å². The Morgan fingerprint density at radius 3 is 2.50 bits per heavy atom. The SMILES string of the molecule is CCOc1ccc(OCC)c(NC(N)=NCC(=O)N(C)CC(F)(F)F)c1. The largest absolute Gasteiger partial charge is 0.494 e. The summed E-state index contributed by atoms with van der Waals surface area (Å²) in [7, 11) is 1.05. The van der Waals surface area contributed by atoms with Crippen molar-refractivity contribution >= 4 is 17.6 Å². The molecule has 0 aliphatic rings. The maximum Gasteiger partial charge on any atom is 0.406 e. The van der Waals surface area contributed by atoms with E-state index in [0.29, 0.717) is 35.3 Å². The third kappa shape index (κ3) is 7.49. The van der Waals surface area contributed by atoms with Crippen molar-refractivity contribution in [2.45, 2.75) is 20.0 Å². The zero-order valence-electron chi connectivity index (χ0n) is 14.9. The lowest BCUT2D eigenvalue weighted by Crippen LogP contribution is -2.37. The van der Waals surface area contributed by atoms with Gasteiger partial charge in [-0.3, -0.25) is 4.79 Å². The van der Waals surface area contributed by atoms with E-state index < -0.39 is 25.2 Å². The van der Waals surface area contributed by atoms with Crippen molar-refractivity contribution in [3.63, 3.8) is 0 Å². The Labute approximate surface area is 150 Å². The monoisotopic (exact) mass is 376 g/mol. The lowest BCUT2D eigenvalue weighted by atomic mass is 10.2. The molecule has 1 aromatic carbocycles. The molecule has 0 bridgehead atoms. The minimum absolute atomic E-state index is 0.131. The van der Waals surface area contributed by atoms with Gasteiger partial charge in [0.2, 0.25) is 5.91 Å². The summed E-state index contributed by atoms with van der Waals surface area (Å²) in [6.45, 7) is 2.67. The van der Waals surface area contributed by atoms with Crippen molar-refractivity contribution < 1.29 is 27.4 Å². The molecule has 0 heterocycles. The lowest BCUT2D eigenvalue weighted by molar-refractivity contribution is -0.157. The topological polar surface area (TPSA) is 89.2 Å². The van der Waals surface area contributed by atoms with E-state index in [2.05, 4.69) is 10.3 Å². The molecule has 0 saturated heterocycles. The summed E-state index contributed by atoms with van der Waals surface area (Å²) in [6, 6.07) is 5.06. The number of anilines is 1. The van der Waals surface area contributed by atoms with Gasteiger partial charge < -0.3 is 25.4 Å². The lowest BCUT2D eigenvalue weighted by Gasteiger charge is -2.18. The number of carbonyl (C=O) groups is 1. The number of alkyl halides is 3. The number of benzene rings is 1. The number of ether oxygens (including phenoxy) is 2. The van der Waals surface area contributed by atoms with Crippen LogP contribution in [0, 0.1) is 0 Å². The van der Waals surface area contributed by atoms with E-state index in [1.165, 1.54) is 0 Å². The van der Waals surface area contributed by atoms with Gasteiger partial charge in [-0.05, 0) is 26.0 Å². The second-order valence-electron chi connectivity index (χ2n) is 5.22. The molecule has 26 heavy (non-hydrogen) atoms. The number of aliphatic imine (C=N–C) groups is 1. The Morgan fingerprint density at radius 2 is 1.92 bits per heavy atom. The summed E-state index contributed by atoms with van der Waals surface area (Å²) in [5.41, 5.74) is 6.19. The first-order valence-corrected chi connectivity index (χ1v) is 7.93. The summed E-state index contributed by atoms with van der Waals surface area (Å²) in [5, 5.41) is 2.77. The van der Waals surface area contributed by atoms with Gasteiger partial charge in [0.25, 0.3) is 0 Å². The van der Waals surface area contributed by atoms with Crippen LogP contribution >= 0.6 is 0 Å². The van der Waals surface area contributed by atoms with Crippen molar-refractivity contribution in [1.29, 1.82) is 0 Å². The third-order valence-electron chi connectivity index (χ3n) is 3.05. The number of rotatable bonds is 8. The van der Waals surface area contributed by atoms with Crippen LogP contribution in [0.1, 0.15) is 13.8 Å². The molecule has 0 unspecified atom stereocenters. The fraction of sp³-hybridized carbons (Fsp3) is 0.500. The maximum atomic E-state index is 12.3. The number of hydrogen-bond acceptors (Lipinski definition) is 4. The zero-order chi connectivity index (χ0) is 19.7. The highest BCUT2D eigenvalue weighted by Crippen LogP contribution is 2.29.